The van der Waals surface area contributed by atoms with Crippen LogP contribution in [0, 0.1) is 0 Å². The molecule has 0 bridgehead atoms. The summed E-state index contributed by atoms with van der Waals surface area (Å²) < 4.78 is 10.6. The molecule has 0 fully saturated rings. The molecule has 0 aliphatic heterocycles. The van der Waals surface area contributed by atoms with Crippen LogP contribution in [0.5, 0.6) is 5.75 Å². The highest BCUT2D eigenvalue weighted by atomic mass is 35.5. The van der Waals surface area contributed by atoms with Gasteiger partial charge in [0.05, 0.1) is 6.61 Å². The molecule has 1 amide bonds. The molecule has 0 saturated carbocycles. The molecule has 0 aliphatic carbocycles. The Hall–Kier alpha value is -1.26. The molecule has 1 aromatic rings. The highest BCUT2D eigenvalue weighted by Crippen LogP contribution is 2.17. The lowest BCUT2D eigenvalue weighted by atomic mass is 10.2. The normalized spacial score (nSPS) is 13.7. The number of carbonyl (C=O) groups excluding carboxylic acids is 1. The zero-order valence-electron chi connectivity index (χ0n) is 11.5. The van der Waals surface area contributed by atoms with Crippen LogP contribution in [0.25, 0.3) is 0 Å². The number of halogens is 1. The highest BCUT2D eigenvalue weighted by Gasteiger charge is 2.19. The minimum atomic E-state index is -0.513. The second kappa shape index (κ2) is 8.02. The number of methoxy groups -OCH3 is 1. The molecule has 0 aliphatic rings. The van der Waals surface area contributed by atoms with E-state index in [1.165, 1.54) is 0 Å². The van der Waals surface area contributed by atoms with Gasteiger partial charge in [-0.05, 0) is 37.6 Å². The lowest BCUT2D eigenvalue weighted by molar-refractivity contribution is -0.129. The fourth-order valence-corrected chi connectivity index (χ4v) is 1.75. The first-order chi connectivity index (χ1) is 9.06. The second-order valence-electron chi connectivity index (χ2n) is 4.33. The molecule has 4 nitrogen and oxygen atoms in total. The van der Waals surface area contributed by atoms with Crippen LogP contribution < -0.4 is 10.1 Å². The van der Waals surface area contributed by atoms with Crippen molar-refractivity contribution in [2.75, 3.05) is 13.7 Å². The Kier molecular flexibility index (Phi) is 6.67. The van der Waals surface area contributed by atoms with Gasteiger partial charge in [-0.15, -0.1) is 0 Å². The number of amides is 1. The molecule has 0 aromatic heterocycles. The highest BCUT2D eigenvalue weighted by molar-refractivity contribution is 6.30. The van der Waals surface area contributed by atoms with Gasteiger partial charge in [0.2, 0.25) is 0 Å². The van der Waals surface area contributed by atoms with Crippen molar-refractivity contribution >= 4 is 17.5 Å². The van der Waals surface area contributed by atoms with Crippen molar-refractivity contribution in [3.63, 3.8) is 0 Å². The largest absolute Gasteiger partial charge is 0.481 e. The molecule has 0 unspecified atom stereocenters. The quantitative estimate of drug-likeness (QED) is 0.838. The van der Waals surface area contributed by atoms with Crippen LogP contribution >= 0.6 is 11.6 Å². The zero-order chi connectivity index (χ0) is 14.3. The van der Waals surface area contributed by atoms with Crippen molar-refractivity contribution in [2.45, 2.75) is 32.4 Å². The summed E-state index contributed by atoms with van der Waals surface area (Å²) in [5.41, 5.74) is 0. The molecule has 1 rings (SSSR count). The number of nitrogens with one attached hydrogen (secondary N) is 1. The molecule has 1 N–H and O–H groups in total. The van der Waals surface area contributed by atoms with Gasteiger partial charge in [-0.2, -0.15) is 0 Å². The third-order valence-corrected chi connectivity index (χ3v) is 2.81. The van der Waals surface area contributed by atoms with Crippen molar-refractivity contribution in [1.82, 2.24) is 5.32 Å². The maximum atomic E-state index is 12.0. The maximum Gasteiger partial charge on any atom is 0.261 e. The molecule has 19 heavy (non-hydrogen) atoms. The summed E-state index contributed by atoms with van der Waals surface area (Å²) in [6.07, 6.45) is 0.0780. The number of rotatable bonds is 7. The predicted octanol–water partition coefficient (Wildman–Crippen LogP) is 2.65. The molecule has 5 heteroatoms. The molecule has 0 radical (unpaired) electrons. The Balaban J connectivity index is 2.57. The molecule has 0 spiro atoms. The fraction of sp³-hybridized carbons (Fsp3) is 0.500. The first kappa shape index (κ1) is 15.8. The average molecular weight is 286 g/mol. The third-order valence-electron chi connectivity index (χ3n) is 2.56. The summed E-state index contributed by atoms with van der Waals surface area (Å²) >= 11 is 5.80. The van der Waals surface area contributed by atoms with E-state index >= 15 is 0 Å². The van der Waals surface area contributed by atoms with Gasteiger partial charge >= 0.3 is 0 Å². The summed E-state index contributed by atoms with van der Waals surface area (Å²) in [5, 5.41) is 3.49. The molecule has 2 atom stereocenters. The van der Waals surface area contributed by atoms with E-state index in [4.69, 9.17) is 21.1 Å². The Morgan fingerprint density at radius 1 is 1.37 bits per heavy atom. The van der Waals surface area contributed by atoms with Crippen molar-refractivity contribution in [1.29, 1.82) is 0 Å². The van der Waals surface area contributed by atoms with Crippen LogP contribution in [0.1, 0.15) is 20.3 Å². The monoisotopic (exact) mass is 285 g/mol. The Morgan fingerprint density at radius 2 is 2.00 bits per heavy atom. The zero-order valence-corrected chi connectivity index (χ0v) is 12.2. The number of hydrogen-bond acceptors (Lipinski definition) is 3. The van der Waals surface area contributed by atoms with Gasteiger partial charge in [-0.25, -0.2) is 0 Å². The molecule has 0 saturated heterocycles. The van der Waals surface area contributed by atoms with Crippen LogP contribution in [0.15, 0.2) is 24.3 Å². The van der Waals surface area contributed by atoms with E-state index in [1.54, 1.807) is 31.4 Å². The summed E-state index contributed by atoms with van der Waals surface area (Å²) in [4.78, 5) is 12.0. The van der Waals surface area contributed by atoms with Gasteiger partial charge in [0.1, 0.15) is 5.75 Å². The topological polar surface area (TPSA) is 47.6 Å². The van der Waals surface area contributed by atoms with E-state index < -0.39 is 6.10 Å². The number of benzene rings is 1. The summed E-state index contributed by atoms with van der Waals surface area (Å²) in [6.45, 7) is 4.26. The molecular weight excluding hydrogens is 266 g/mol. The van der Waals surface area contributed by atoms with Crippen LogP contribution in [-0.2, 0) is 9.53 Å². The summed E-state index contributed by atoms with van der Waals surface area (Å²) in [5.74, 6) is 0.493. The first-order valence-electron chi connectivity index (χ1n) is 6.28. The van der Waals surface area contributed by atoms with Crippen LogP contribution in [0.3, 0.4) is 0 Å². The van der Waals surface area contributed by atoms with E-state index in [-0.39, 0.29) is 11.9 Å². The summed E-state index contributed by atoms with van der Waals surface area (Å²) in [7, 11) is 1.60. The van der Waals surface area contributed by atoms with Crippen LogP contribution in [0.4, 0.5) is 0 Å². The standard InChI is InChI=1S/C14H20ClNO3/c1-4-13(14(17)16-10(2)9-18-3)19-12-7-5-11(15)6-8-12/h5-8,10,13H,4,9H2,1-3H3,(H,16,17)/t10-,13+/m0/s1. The molecule has 0 heterocycles. The van der Waals surface area contributed by atoms with E-state index in [2.05, 4.69) is 5.32 Å². The predicted molar refractivity (Wildman–Crippen MR) is 75.6 cm³/mol. The van der Waals surface area contributed by atoms with Crippen molar-refractivity contribution in [2.24, 2.45) is 0 Å². The van der Waals surface area contributed by atoms with Gasteiger partial charge in [0.15, 0.2) is 6.10 Å². The third kappa shape index (κ3) is 5.49. The van der Waals surface area contributed by atoms with Gasteiger partial charge in [0.25, 0.3) is 5.91 Å². The van der Waals surface area contributed by atoms with E-state index in [9.17, 15) is 4.79 Å². The number of carbonyl (C=O) groups is 1. The average Bonchev–Trinajstić information content (AvgIpc) is 2.38. The molecule has 1 aromatic carbocycles. The minimum absolute atomic E-state index is 0.0413. The lowest BCUT2D eigenvalue weighted by Gasteiger charge is -2.20. The van der Waals surface area contributed by atoms with Gasteiger partial charge in [-0.3, -0.25) is 4.79 Å². The molecule has 106 valence electrons. The van der Waals surface area contributed by atoms with Crippen LogP contribution in [-0.4, -0.2) is 31.8 Å². The smallest absolute Gasteiger partial charge is 0.261 e. The Morgan fingerprint density at radius 3 is 2.53 bits per heavy atom. The second-order valence-corrected chi connectivity index (χ2v) is 4.77. The fourth-order valence-electron chi connectivity index (χ4n) is 1.63. The van der Waals surface area contributed by atoms with Crippen molar-refractivity contribution in [3.8, 4) is 5.75 Å². The van der Waals surface area contributed by atoms with Gasteiger partial charge in [-0.1, -0.05) is 18.5 Å². The first-order valence-corrected chi connectivity index (χ1v) is 6.66. The van der Waals surface area contributed by atoms with Gasteiger partial charge < -0.3 is 14.8 Å². The Labute approximate surface area is 119 Å². The maximum absolute atomic E-state index is 12.0. The number of hydrogen-bond donors (Lipinski definition) is 1. The SMILES string of the molecule is CC[C@@H](Oc1ccc(Cl)cc1)C(=O)N[C@@H](C)COC. The minimum Gasteiger partial charge on any atom is -0.481 e. The van der Waals surface area contributed by atoms with Crippen molar-refractivity contribution < 1.29 is 14.3 Å². The van der Waals surface area contributed by atoms with E-state index in [0.717, 1.165) is 0 Å². The van der Waals surface area contributed by atoms with Gasteiger partial charge in [0, 0.05) is 18.2 Å². The van der Waals surface area contributed by atoms with E-state index in [1.807, 2.05) is 13.8 Å². The van der Waals surface area contributed by atoms with Crippen LogP contribution in [0.2, 0.25) is 5.02 Å². The Bertz CT molecular complexity index is 394. The lowest BCUT2D eigenvalue weighted by Crippen LogP contribution is -2.44. The van der Waals surface area contributed by atoms with Crippen molar-refractivity contribution in [3.05, 3.63) is 29.3 Å². The summed E-state index contributed by atoms with van der Waals surface area (Å²) in [6, 6.07) is 6.91. The van der Waals surface area contributed by atoms with E-state index in [0.29, 0.717) is 23.8 Å². The number of ether oxygens (including phenoxy) is 2. The molecular formula is C14H20ClNO3.